The summed E-state index contributed by atoms with van der Waals surface area (Å²) in [6, 6.07) is 7.73. The molecule has 0 saturated carbocycles. The molecule has 1 aromatic rings. The first-order chi connectivity index (χ1) is 8.26. The zero-order valence-electron chi connectivity index (χ0n) is 10.1. The second-order valence-electron chi connectivity index (χ2n) is 3.37. The maximum Gasteiger partial charge on any atom is 0.186 e. The van der Waals surface area contributed by atoms with Crippen molar-refractivity contribution in [3.8, 4) is 5.75 Å². The summed E-state index contributed by atoms with van der Waals surface area (Å²) < 4.78 is 5.48. The van der Waals surface area contributed by atoms with Gasteiger partial charge in [0, 0.05) is 7.05 Å². The summed E-state index contributed by atoms with van der Waals surface area (Å²) in [5.41, 5.74) is 3.67. The van der Waals surface area contributed by atoms with Crippen molar-refractivity contribution in [2.75, 3.05) is 13.7 Å². The first-order valence-corrected chi connectivity index (χ1v) is 5.90. The molecule has 0 atom stereocenters. The first-order valence-electron chi connectivity index (χ1n) is 5.50. The fourth-order valence-corrected chi connectivity index (χ4v) is 1.14. The molecule has 0 unspecified atom stereocenters. The minimum absolute atomic E-state index is 0.490. The van der Waals surface area contributed by atoms with Gasteiger partial charge in [-0.15, -0.1) is 0 Å². The molecule has 0 aromatic heterocycles. The average molecular weight is 251 g/mol. The Balaban J connectivity index is 2.47. The number of hydrazone groups is 1. The number of nitrogens with zero attached hydrogens (tertiary/aromatic N) is 1. The van der Waals surface area contributed by atoms with Gasteiger partial charge in [-0.25, -0.2) is 0 Å². The van der Waals surface area contributed by atoms with Gasteiger partial charge in [-0.05, 0) is 48.5 Å². The van der Waals surface area contributed by atoms with Crippen LogP contribution in [0.5, 0.6) is 5.75 Å². The molecular formula is C12H17N3OS. The van der Waals surface area contributed by atoms with Gasteiger partial charge in [-0.3, -0.25) is 5.43 Å². The topological polar surface area (TPSA) is 45.6 Å². The number of benzene rings is 1. The molecule has 4 nitrogen and oxygen atoms in total. The van der Waals surface area contributed by atoms with Gasteiger partial charge in [0.1, 0.15) is 5.75 Å². The monoisotopic (exact) mass is 251 g/mol. The average Bonchev–Trinajstić information content (AvgIpc) is 2.37. The summed E-state index contributed by atoms with van der Waals surface area (Å²) in [5.74, 6) is 0.878. The van der Waals surface area contributed by atoms with Crippen LogP contribution in [0.15, 0.2) is 29.4 Å². The quantitative estimate of drug-likeness (QED) is 0.477. The highest BCUT2D eigenvalue weighted by Gasteiger charge is 1.93. The standard InChI is InChI=1S/C12H17N3OS/c1-3-8-16-11-6-4-10(5-7-11)9-14-15-12(17)13-2/h4-7,9H,3,8H2,1-2H3,(H2,13,15,17). The van der Waals surface area contributed by atoms with Crippen LogP contribution in [0.3, 0.4) is 0 Å². The number of ether oxygens (including phenoxy) is 1. The van der Waals surface area contributed by atoms with E-state index in [0.29, 0.717) is 5.11 Å². The number of nitrogens with one attached hydrogen (secondary N) is 2. The van der Waals surface area contributed by atoms with Crippen LogP contribution < -0.4 is 15.5 Å². The lowest BCUT2D eigenvalue weighted by Gasteiger charge is -2.04. The molecule has 0 fully saturated rings. The molecule has 0 saturated heterocycles. The molecule has 0 aliphatic carbocycles. The minimum atomic E-state index is 0.490. The van der Waals surface area contributed by atoms with E-state index >= 15 is 0 Å². The van der Waals surface area contributed by atoms with E-state index in [9.17, 15) is 0 Å². The van der Waals surface area contributed by atoms with Gasteiger partial charge < -0.3 is 10.1 Å². The van der Waals surface area contributed by atoms with Crippen LogP contribution in [0, 0.1) is 0 Å². The van der Waals surface area contributed by atoms with Crippen LogP contribution in [0.1, 0.15) is 18.9 Å². The molecule has 92 valence electrons. The van der Waals surface area contributed by atoms with Gasteiger partial charge in [-0.2, -0.15) is 5.10 Å². The number of rotatable bonds is 5. The number of thiocarbonyl (C=S) groups is 1. The third-order valence-corrected chi connectivity index (χ3v) is 2.26. The molecule has 17 heavy (non-hydrogen) atoms. The van der Waals surface area contributed by atoms with Gasteiger partial charge in [0.05, 0.1) is 12.8 Å². The molecule has 0 aliphatic heterocycles. The van der Waals surface area contributed by atoms with E-state index in [2.05, 4.69) is 22.8 Å². The van der Waals surface area contributed by atoms with Crippen LogP contribution in [0.4, 0.5) is 0 Å². The van der Waals surface area contributed by atoms with E-state index in [0.717, 1.165) is 24.3 Å². The van der Waals surface area contributed by atoms with Crippen molar-refractivity contribution >= 4 is 23.5 Å². The predicted molar refractivity (Wildman–Crippen MR) is 74.6 cm³/mol. The zero-order chi connectivity index (χ0) is 12.5. The fourth-order valence-electron chi connectivity index (χ4n) is 1.09. The lowest BCUT2D eigenvalue weighted by molar-refractivity contribution is 0.317. The Morgan fingerprint density at radius 2 is 2.12 bits per heavy atom. The van der Waals surface area contributed by atoms with Gasteiger partial charge in [0.15, 0.2) is 5.11 Å². The lowest BCUT2D eigenvalue weighted by Crippen LogP contribution is -2.28. The Morgan fingerprint density at radius 1 is 1.41 bits per heavy atom. The van der Waals surface area contributed by atoms with Gasteiger partial charge >= 0.3 is 0 Å². The maximum atomic E-state index is 5.48. The van der Waals surface area contributed by atoms with E-state index in [1.165, 1.54) is 0 Å². The van der Waals surface area contributed by atoms with Crippen LogP contribution in [-0.4, -0.2) is 25.0 Å². The Hall–Kier alpha value is -1.62. The van der Waals surface area contributed by atoms with Crippen LogP contribution in [0.25, 0.3) is 0 Å². The van der Waals surface area contributed by atoms with Crippen molar-refractivity contribution in [3.05, 3.63) is 29.8 Å². The number of hydrogen-bond donors (Lipinski definition) is 2. The molecule has 0 bridgehead atoms. The van der Waals surface area contributed by atoms with Crippen molar-refractivity contribution in [2.45, 2.75) is 13.3 Å². The zero-order valence-corrected chi connectivity index (χ0v) is 10.9. The van der Waals surface area contributed by atoms with Crippen LogP contribution >= 0.6 is 12.2 Å². The van der Waals surface area contributed by atoms with Crippen molar-refractivity contribution in [3.63, 3.8) is 0 Å². The second-order valence-corrected chi connectivity index (χ2v) is 3.77. The van der Waals surface area contributed by atoms with Crippen LogP contribution in [0.2, 0.25) is 0 Å². The molecule has 5 heteroatoms. The van der Waals surface area contributed by atoms with E-state index in [-0.39, 0.29) is 0 Å². The van der Waals surface area contributed by atoms with Gasteiger partial charge in [0.25, 0.3) is 0 Å². The minimum Gasteiger partial charge on any atom is -0.494 e. The SMILES string of the molecule is CCCOc1ccc(C=NNC(=S)NC)cc1. The molecule has 0 radical (unpaired) electrons. The molecule has 0 heterocycles. The number of hydrogen-bond acceptors (Lipinski definition) is 3. The van der Waals surface area contributed by atoms with Crippen molar-refractivity contribution < 1.29 is 4.74 Å². The third-order valence-electron chi connectivity index (χ3n) is 1.96. The van der Waals surface area contributed by atoms with Crippen molar-refractivity contribution in [1.82, 2.24) is 10.7 Å². The Morgan fingerprint density at radius 3 is 2.71 bits per heavy atom. The Kier molecular flexibility index (Phi) is 6.03. The molecule has 1 rings (SSSR count). The van der Waals surface area contributed by atoms with Gasteiger partial charge in [0.2, 0.25) is 0 Å². The molecular weight excluding hydrogens is 234 g/mol. The maximum absolute atomic E-state index is 5.48. The summed E-state index contributed by atoms with van der Waals surface area (Å²) in [4.78, 5) is 0. The van der Waals surface area contributed by atoms with E-state index in [1.54, 1.807) is 13.3 Å². The Labute approximate surface area is 107 Å². The predicted octanol–water partition coefficient (Wildman–Crippen LogP) is 1.90. The van der Waals surface area contributed by atoms with Gasteiger partial charge in [-0.1, -0.05) is 6.92 Å². The molecule has 1 aromatic carbocycles. The summed E-state index contributed by atoms with van der Waals surface area (Å²) in [5, 5.41) is 7.24. The fraction of sp³-hybridized carbons (Fsp3) is 0.333. The summed E-state index contributed by atoms with van der Waals surface area (Å²) in [6.45, 7) is 2.82. The van der Waals surface area contributed by atoms with Crippen LogP contribution in [-0.2, 0) is 0 Å². The second kappa shape index (κ2) is 7.62. The molecule has 0 spiro atoms. The van der Waals surface area contributed by atoms with E-state index < -0.39 is 0 Å². The third kappa shape index (κ3) is 5.31. The van der Waals surface area contributed by atoms with E-state index in [4.69, 9.17) is 17.0 Å². The van der Waals surface area contributed by atoms with E-state index in [1.807, 2.05) is 24.3 Å². The molecule has 0 aliphatic rings. The smallest absolute Gasteiger partial charge is 0.186 e. The highest BCUT2D eigenvalue weighted by Crippen LogP contribution is 2.11. The summed E-state index contributed by atoms with van der Waals surface area (Å²) >= 11 is 4.88. The molecule has 0 amide bonds. The van der Waals surface area contributed by atoms with Crippen molar-refractivity contribution in [2.24, 2.45) is 5.10 Å². The largest absolute Gasteiger partial charge is 0.494 e. The summed E-state index contributed by atoms with van der Waals surface area (Å²) in [7, 11) is 1.74. The lowest BCUT2D eigenvalue weighted by atomic mass is 10.2. The highest BCUT2D eigenvalue weighted by atomic mass is 32.1. The molecule has 2 N–H and O–H groups in total. The first kappa shape index (κ1) is 13.4. The summed E-state index contributed by atoms with van der Waals surface area (Å²) in [6.07, 6.45) is 2.71. The Bertz CT molecular complexity index is 376. The van der Waals surface area contributed by atoms with Crippen molar-refractivity contribution in [1.29, 1.82) is 0 Å². The normalized spacial score (nSPS) is 10.2. The highest BCUT2D eigenvalue weighted by molar-refractivity contribution is 7.80.